The van der Waals surface area contributed by atoms with Crippen molar-refractivity contribution in [1.29, 1.82) is 0 Å². The number of aliphatic hydroxyl groups is 1. The van der Waals surface area contributed by atoms with E-state index in [0.29, 0.717) is 0 Å². The molecule has 0 bridgehead atoms. The number of hydrogen-bond donors (Lipinski definition) is 1. The first-order valence-corrected chi connectivity index (χ1v) is 25.1. The van der Waals surface area contributed by atoms with Crippen LogP contribution in [0.3, 0.4) is 0 Å². The molecule has 58 heavy (non-hydrogen) atoms. The van der Waals surface area contributed by atoms with Crippen molar-refractivity contribution in [3.8, 4) is 0 Å². The molecule has 0 aliphatic carbocycles. The molecule has 0 saturated carbocycles. The van der Waals surface area contributed by atoms with Crippen LogP contribution in [0.2, 0.25) is 0 Å². The maximum atomic E-state index is 10.4. The lowest BCUT2D eigenvalue weighted by molar-refractivity contribution is -0.676. The van der Waals surface area contributed by atoms with Gasteiger partial charge in [-0.15, -0.1) is 0 Å². The van der Waals surface area contributed by atoms with Gasteiger partial charge in [-0.3, -0.25) is 0 Å². The zero-order valence-corrected chi connectivity index (χ0v) is 40.3. The molecule has 0 spiro atoms. The van der Waals surface area contributed by atoms with Crippen molar-refractivity contribution < 1.29 is 27.2 Å². The second-order valence-electron chi connectivity index (χ2n) is 12.9. The average molecular weight is 974 g/mol. The monoisotopic (exact) mass is 973 g/mol. The molecule has 0 fully saturated rings. The van der Waals surface area contributed by atoms with E-state index in [1.165, 1.54) is 89.2 Å². The summed E-state index contributed by atoms with van der Waals surface area (Å²) >= 11 is 7.95. The molecule has 0 saturated heterocycles. The fourth-order valence-electron chi connectivity index (χ4n) is 5.88. The topological polar surface area (TPSA) is 91.7 Å². The summed E-state index contributed by atoms with van der Waals surface area (Å²) in [6.07, 6.45) is 7.86. The van der Waals surface area contributed by atoms with Crippen molar-refractivity contribution >= 4 is 100 Å². The number of benzene rings is 4. The molecular weight excluding hydrogens is 916 g/mol. The minimum Gasteiger partial charge on any atom is -0.744 e. The zero-order valence-electron chi connectivity index (χ0n) is 34.9. The van der Waals surface area contributed by atoms with E-state index in [1.807, 2.05) is 30.0 Å². The molecule has 1 aliphatic rings. The summed E-state index contributed by atoms with van der Waals surface area (Å²) in [4.78, 5) is 5.81. The summed E-state index contributed by atoms with van der Waals surface area (Å²) in [5.74, 6) is 0. The number of thiazole rings is 1. The summed E-state index contributed by atoms with van der Waals surface area (Å²) < 4.78 is 39.7. The third kappa shape index (κ3) is 14.6. The highest BCUT2D eigenvalue weighted by Crippen LogP contribution is 2.45. The van der Waals surface area contributed by atoms with Crippen LogP contribution in [0.15, 0.2) is 128 Å². The van der Waals surface area contributed by atoms with Gasteiger partial charge in [-0.05, 0) is 99.5 Å². The predicted molar refractivity (Wildman–Crippen MR) is 256 cm³/mol. The molecule has 0 amide bonds. The number of pyridine rings is 1. The molecule has 1 aliphatic heterocycles. The van der Waals surface area contributed by atoms with Crippen molar-refractivity contribution in [1.82, 2.24) is 4.90 Å². The van der Waals surface area contributed by atoms with Gasteiger partial charge < -0.3 is 19.5 Å². The minimum atomic E-state index is -4.27. The molecule has 2 aromatic heterocycles. The third-order valence-corrected chi connectivity index (χ3v) is 14.2. The predicted octanol–water partition coefficient (Wildman–Crippen LogP) is 10.2. The summed E-state index contributed by atoms with van der Waals surface area (Å²) in [7, 11) is -0.00465. The molecule has 0 atom stereocenters. The van der Waals surface area contributed by atoms with E-state index in [-0.39, 0.29) is 11.5 Å². The SMILES string of the molecule is CCN(CC)CC.CCO.CN1C(=Cc2cc[n+](CCCI)c3ccccc23)Sc2ccccc21.CSc1sc2ccccc2[n+]1C.Cc1ccc(S(=O)(=O)[O-])cc1. The number of anilines is 1. The Bertz CT molecular complexity index is 2290. The second-order valence-corrected chi connectivity index (χ2v) is 18.5. The lowest BCUT2D eigenvalue weighted by atomic mass is 10.1. The van der Waals surface area contributed by atoms with Gasteiger partial charge in [0.1, 0.15) is 28.4 Å². The van der Waals surface area contributed by atoms with Gasteiger partial charge in [-0.2, -0.15) is 9.13 Å². The number of aromatic nitrogens is 2. The van der Waals surface area contributed by atoms with Gasteiger partial charge >= 0.3 is 0 Å². The lowest BCUT2D eigenvalue weighted by Crippen LogP contribution is -2.34. The summed E-state index contributed by atoms with van der Waals surface area (Å²) in [6.45, 7) is 14.9. The Balaban J connectivity index is 0.000000228. The van der Waals surface area contributed by atoms with Crippen molar-refractivity contribution in [2.75, 3.05) is 48.9 Å². The number of hydrogen-bond acceptors (Lipinski definition) is 9. The summed E-state index contributed by atoms with van der Waals surface area (Å²) in [6, 6.07) is 33.8. The van der Waals surface area contributed by atoms with E-state index in [9.17, 15) is 13.0 Å². The number of alkyl halides is 1. The Hall–Kier alpha value is -3.02. The molecule has 1 N–H and O–H groups in total. The Morgan fingerprint density at radius 3 is 2.02 bits per heavy atom. The van der Waals surface area contributed by atoms with Crippen LogP contribution in [0.1, 0.15) is 45.2 Å². The van der Waals surface area contributed by atoms with Crippen LogP contribution in [0.5, 0.6) is 0 Å². The van der Waals surface area contributed by atoms with Crippen LogP contribution >= 0.6 is 57.5 Å². The largest absolute Gasteiger partial charge is 0.744 e. The Morgan fingerprint density at radius 1 is 0.879 bits per heavy atom. The van der Waals surface area contributed by atoms with E-state index >= 15 is 0 Å². The summed E-state index contributed by atoms with van der Waals surface area (Å²) in [5.41, 5.74) is 6.13. The normalized spacial score (nSPS) is 12.5. The van der Waals surface area contributed by atoms with E-state index < -0.39 is 10.1 Å². The van der Waals surface area contributed by atoms with E-state index in [1.54, 1.807) is 30.8 Å². The Labute approximate surface area is 372 Å². The first-order valence-electron chi connectivity index (χ1n) is 19.3. The number of thioether (sulfide) groups is 2. The standard InChI is InChI=1S/C21H20IN2S.C9H10NS2.C7H8O3S.C6H15N.C2H6O/c1-23-19-9-4-5-10-20(19)25-21(23)15-16-11-14-24(13-6-12-22)18-8-3-2-7-17(16)18;1-10-7-5-3-4-6-8(7)12-9(10)11-2;1-6-2-4-7(5-3-6)11(8,9)10;1-4-7(5-2)6-3;1-2-3/h2-5,7-11,14-15H,6,12-13H2,1H3;3-6H,1-2H3;2-5H,1H3,(H,8,9,10);4-6H2,1-3H3;3H,2H2,1H3/q2*+1;;;/p-1. The van der Waals surface area contributed by atoms with Crippen molar-refractivity contribution in [3.63, 3.8) is 0 Å². The van der Waals surface area contributed by atoms with Gasteiger partial charge in [-0.1, -0.05) is 121 Å². The fourth-order valence-corrected chi connectivity index (χ4v) is 9.64. The van der Waals surface area contributed by atoms with E-state index in [4.69, 9.17) is 5.11 Å². The van der Waals surface area contributed by atoms with Gasteiger partial charge in [0.2, 0.25) is 11.0 Å². The van der Waals surface area contributed by atoms with Crippen LogP contribution in [0, 0.1) is 6.92 Å². The fraction of sp³-hybridized carbons (Fsp3) is 0.333. The lowest BCUT2D eigenvalue weighted by Gasteiger charge is -2.13. The number of fused-ring (bicyclic) bond motifs is 3. The molecule has 13 heteroatoms. The van der Waals surface area contributed by atoms with Gasteiger partial charge in [0, 0.05) is 47.6 Å². The molecular formula is C45H58IN4O4S4+. The van der Waals surface area contributed by atoms with Gasteiger partial charge in [-0.25, -0.2) is 8.42 Å². The Morgan fingerprint density at radius 2 is 1.47 bits per heavy atom. The number of para-hydroxylation sites is 3. The van der Waals surface area contributed by atoms with Gasteiger partial charge in [0.25, 0.3) is 4.34 Å². The van der Waals surface area contributed by atoms with Crippen LogP contribution in [-0.2, 0) is 23.7 Å². The molecule has 8 nitrogen and oxygen atoms in total. The van der Waals surface area contributed by atoms with E-state index in [0.717, 1.165) is 12.1 Å². The first-order chi connectivity index (χ1) is 27.9. The first kappa shape index (κ1) is 49.3. The Kier molecular flexibility index (Phi) is 21.8. The summed E-state index contributed by atoms with van der Waals surface area (Å²) in [5, 5.41) is 10.2. The van der Waals surface area contributed by atoms with Gasteiger partial charge in [0.05, 0.1) is 21.0 Å². The zero-order chi connectivity index (χ0) is 42.7. The molecule has 7 rings (SSSR count). The maximum Gasteiger partial charge on any atom is 0.297 e. The van der Waals surface area contributed by atoms with Crippen LogP contribution in [-0.4, -0.2) is 66.9 Å². The highest BCUT2D eigenvalue weighted by molar-refractivity contribution is 14.1. The highest BCUT2D eigenvalue weighted by Gasteiger charge is 2.22. The second kappa shape index (κ2) is 25.6. The number of halogens is 1. The highest BCUT2D eigenvalue weighted by atomic mass is 127. The van der Waals surface area contributed by atoms with Gasteiger partial charge in [0.15, 0.2) is 6.20 Å². The molecule has 0 unspecified atom stereocenters. The van der Waals surface area contributed by atoms with Crippen molar-refractivity contribution in [3.05, 3.63) is 125 Å². The van der Waals surface area contributed by atoms with E-state index in [2.05, 4.69) is 174 Å². The number of aliphatic hydroxyl groups excluding tert-OH is 1. The molecule has 4 aromatic carbocycles. The van der Waals surface area contributed by atoms with Crippen LogP contribution in [0.4, 0.5) is 5.69 Å². The number of rotatable bonds is 9. The quantitative estimate of drug-likeness (QED) is 0.0504. The number of aryl methyl sites for hydroxylation is 3. The van der Waals surface area contributed by atoms with Crippen molar-refractivity contribution in [2.45, 2.75) is 61.7 Å². The number of nitrogens with zero attached hydrogens (tertiary/aromatic N) is 4. The molecule has 6 aromatic rings. The molecule has 0 radical (unpaired) electrons. The van der Waals surface area contributed by atoms with Crippen LogP contribution in [0.25, 0.3) is 27.2 Å². The smallest absolute Gasteiger partial charge is 0.297 e. The van der Waals surface area contributed by atoms with Crippen LogP contribution < -0.4 is 14.0 Å². The minimum absolute atomic E-state index is 0.178. The average Bonchev–Trinajstić information content (AvgIpc) is 3.73. The molecule has 312 valence electrons. The van der Waals surface area contributed by atoms with Crippen molar-refractivity contribution in [2.24, 2.45) is 7.05 Å². The molecule has 3 heterocycles. The maximum absolute atomic E-state index is 10.4. The third-order valence-electron chi connectivity index (χ3n) is 9.07.